The lowest BCUT2D eigenvalue weighted by Crippen LogP contribution is -2.20. The van der Waals surface area contributed by atoms with Crippen molar-refractivity contribution in [3.8, 4) is 0 Å². The van der Waals surface area contributed by atoms with Crippen LogP contribution in [0.15, 0.2) is 23.8 Å². The van der Waals surface area contributed by atoms with E-state index in [0.717, 1.165) is 18.9 Å². The molecule has 0 heterocycles. The van der Waals surface area contributed by atoms with Gasteiger partial charge in [-0.2, -0.15) is 0 Å². The summed E-state index contributed by atoms with van der Waals surface area (Å²) in [5.74, 6) is 0. The van der Waals surface area contributed by atoms with E-state index in [2.05, 4.69) is 18.2 Å². The van der Waals surface area contributed by atoms with Gasteiger partial charge in [0.25, 0.3) is 0 Å². The third kappa shape index (κ3) is 4.41. The molecule has 0 aromatic carbocycles. The zero-order valence-electron chi connectivity index (χ0n) is 8.12. The van der Waals surface area contributed by atoms with Gasteiger partial charge in [-0.15, -0.1) is 0 Å². The van der Waals surface area contributed by atoms with Gasteiger partial charge in [-0.25, -0.2) is 0 Å². The molecule has 0 fully saturated rings. The highest BCUT2D eigenvalue weighted by molar-refractivity contribution is 6.50. The molecule has 0 aromatic heterocycles. The van der Waals surface area contributed by atoms with Crippen molar-refractivity contribution in [1.82, 2.24) is 0 Å². The summed E-state index contributed by atoms with van der Waals surface area (Å²) in [6.07, 6.45) is 9.07. The minimum atomic E-state index is -1.23. The predicted molar refractivity (Wildman–Crippen MR) is 55.7 cm³/mol. The van der Waals surface area contributed by atoms with Crippen LogP contribution in [0.3, 0.4) is 0 Å². The van der Waals surface area contributed by atoms with Crippen LogP contribution in [0.25, 0.3) is 0 Å². The van der Waals surface area contributed by atoms with Gasteiger partial charge in [0.1, 0.15) is 0 Å². The molecule has 73 valence electrons. The Morgan fingerprint density at radius 1 is 1.62 bits per heavy atom. The molecule has 1 aliphatic rings. The number of hydrogen-bond acceptors (Lipinski definition) is 2. The molecule has 0 saturated carbocycles. The average Bonchev–Trinajstić information content (AvgIpc) is 2.64. The van der Waals surface area contributed by atoms with E-state index in [-0.39, 0.29) is 0 Å². The highest BCUT2D eigenvalue weighted by Crippen LogP contribution is 2.16. The third-order valence-electron chi connectivity index (χ3n) is 2.06. The van der Waals surface area contributed by atoms with Crippen LogP contribution in [0.2, 0.25) is 6.04 Å². The van der Waals surface area contributed by atoms with Crippen molar-refractivity contribution in [2.24, 2.45) is 0 Å². The van der Waals surface area contributed by atoms with Crippen molar-refractivity contribution >= 4 is 9.04 Å². The number of hydrogen-bond donors (Lipinski definition) is 1. The van der Waals surface area contributed by atoms with Crippen LogP contribution in [-0.4, -0.2) is 26.7 Å². The van der Waals surface area contributed by atoms with E-state index < -0.39 is 9.04 Å². The molecule has 0 saturated heterocycles. The Hall–Kier alpha value is -0.383. The summed E-state index contributed by atoms with van der Waals surface area (Å²) in [7, 11) is -1.23. The molecule has 0 aliphatic heterocycles. The van der Waals surface area contributed by atoms with E-state index in [1.54, 1.807) is 0 Å². The fourth-order valence-corrected chi connectivity index (χ4v) is 2.47. The summed E-state index contributed by atoms with van der Waals surface area (Å²) in [5, 5.41) is 0. The first kappa shape index (κ1) is 10.7. The van der Waals surface area contributed by atoms with Crippen molar-refractivity contribution in [2.75, 3.05) is 12.8 Å². The molecule has 3 heteroatoms. The van der Waals surface area contributed by atoms with Crippen LogP contribution in [0.4, 0.5) is 0 Å². The summed E-state index contributed by atoms with van der Waals surface area (Å²) < 4.78 is 5.17. The van der Waals surface area contributed by atoms with Gasteiger partial charge in [0, 0.05) is 6.61 Å². The fourth-order valence-electron chi connectivity index (χ4n) is 1.27. The molecule has 2 nitrogen and oxygen atoms in total. The number of allylic oxidation sites excluding steroid dienone is 4. The Morgan fingerprint density at radius 2 is 2.46 bits per heavy atom. The fraction of sp³-hybridized carbons (Fsp3) is 0.600. The Morgan fingerprint density at radius 3 is 3.08 bits per heavy atom. The van der Waals surface area contributed by atoms with Gasteiger partial charge in [-0.3, -0.25) is 0 Å². The van der Waals surface area contributed by atoms with Crippen molar-refractivity contribution in [3.05, 3.63) is 23.8 Å². The lowest BCUT2D eigenvalue weighted by molar-refractivity contribution is 0.181. The van der Waals surface area contributed by atoms with Crippen LogP contribution in [0.5, 0.6) is 0 Å². The van der Waals surface area contributed by atoms with Crippen LogP contribution in [0.1, 0.15) is 19.8 Å². The van der Waals surface area contributed by atoms with Crippen LogP contribution in [0, 0.1) is 0 Å². The molecular formula is C10H17O2Si. The molecule has 0 atom stereocenters. The molecule has 1 rings (SSSR count). The Kier molecular flexibility index (Phi) is 5.04. The Balaban J connectivity index is 2.04. The molecule has 0 spiro atoms. The Labute approximate surface area is 81.6 Å². The van der Waals surface area contributed by atoms with E-state index in [1.165, 1.54) is 5.57 Å². The molecule has 0 aromatic rings. The van der Waals surface area contributed by atoms with E-state index in [0.29, 0.717) is 12.8 Å². The monoisotopic (exact) mass is 197 g/mol. The molecular weight excluding hydrogens is 180 g/mol. The minimum Gasteiger partial charge on any atom is -0.429 e. The van der Waals surface area contributed by atoms with E-state index >= 15 is 0 Å². The molecule has 0 bridgehead atoms. The first-order valence-corrected chi connectivity index (χ1v) is 6.65. The largest absolute Gasteiger partial charge is 0.429 e. The highest BCUT2D eigenvalue weighted by Gasteiger charge is 2.09. The first-order valence-electron chi connectivity index (χ1n) is 4.79. The second-order valence-corrected chi connectivity index (χ2v) is 5.08. The first-order chi connectivity index (χ1) is 6.33. The van der Waals surface area contributed by atoms with Gasteiger partial charge < -0.3 is 9.53 Å². The van der Waals surface area contributed by atoms with Gasteiger partial charge in [0.2, 0.25) is 9.04 Å². The van der Waals surface area contributed by atoms with Crippen molar-refractivity contribution in [3.63, 3.8) is 0 Å². The summed E-state index contributed by atoms with van der Waals surface area (Å²) in [6, 6.07) is 0.915. The van der Waals surface area contributed by atoms with Crippen LogP contribution in [-0.2, 0) is 4.74 Å². The average molecular weight is 197 g/mol. The molecule has 0 unspecified atom stereocenters. The van der Waals surface area contributed by atoms with Crippen molar-refractivity contribution < 1.29 is 9.53 Å². The minimum absolute atomic E-state index is 0.571. The number of rotatable bonds is 6. The SMILES string of the molecule is CCOC[Si](O)CCC1=CC=CC1. The predicted octanol–water partition coefficient (Wildman–Crippen LogP) is 1.82. The maximum absolute atomic E-state index is 9.57. The Bertz CT molecular complexity index is 199. The number of ether oxygens (including phenoxy) is 1. The normalized spacial score (nSPS) is 15.5. The zero-order valence-corrected chi connectivity index (χ0v) is 9.12. The van der Waals surface area contributed by atoms with Gasteiger partial charge in [0.05, 0.1) is 6.23 Å². The molecule has 13 heavy (non-hydrogen) atoms. The van der Waals surface area contributed by atoms with Gasteiger partial charge in [-0.05, 0) is 25.8 Å². The standard InChI is InChI=1S/C10H17O2Si/c1-2-12-9-13(11)8-7-10-5-3-4-6-10/h3-5,11H,2,6-9H2,1H3. The quantitative estimate of drug-likeness (QED) is 0.658. The highest BCUT2D eigenvalue weighted by atomic mass is 28.3. The van der Waals surface area contributed by atoms with Crippen molar-refractivity contribution in [1.29, 1.82) is 0 Å². The summed E-state index contributed by atoms with van der Waals surface area (Å²) in [4.78, 5) is 9.57. The summed E-state index contributed by atoms with van der Waals surface area (Å²) in [5.41, 5.74) is 1.44. The molecule has 1 N–H and O–H groups in total. The van der Waals surface area contributed by atoms with E-state index in [9.17, 15) is 4.80 Å². The second kappa shape index (κ2) is 6.13. The zero-order chi connectivity index (χ0) is 9.52. The van der Waals surface area contributed by atoms with Gasteiger partial charge >= 0.3 is 0 Å². The third-order valence-corrected chi connectivity index (χ3v) is 3.42. The lowest BCUT2D eigenvalue weighted by atomic mass is 10.2. The topological polar surface area (TPSA) is 29.5 Å². The summed E-state index contributed by atoms with van der Waals surface area (Å²) in [6.45, 7) is 2.66. The maximum atomic E-state index is 9.57. The lowest BCUT2D eigenvalue weighted by Gasteiger charge is -2.07. The van der Waals surface area contributed by atoms with Crippen LogP contribution >= 0.6 is 0 Å². The molecule has 0 amide bonds. The van der Waals surface area contributed by atoms with Crippen molar-refractivity contribution in [2.45, 2.75) is 25.8 Å². The smallest absolute Gasteiger partial charge is 0.234 e. The summed E-state index contributed by atoms with van der Waals surface area (Å²) >= 11 is 0. The molecule has 1 aliphatic carbocycles. The second-order valence-electron chi connectivity index (χ2n) is 3.16. The van der Waals surface area contributed by atoms with Gasteiger partial charge in [0.15, 0.2) is 0 Å². The van der Waals surface area contributed by atoms with E-state index in [4.69, 9.17) is 4.74 Å². The maximum Gasteiger partial charge on any atom is 0.234 e. The molecule has 1 radical (unpaired) electrons. The van der Waals surface area contributed by atoms with E-state index in [1.807, 2.05) is 6.92 Å². The van der Waals surface area contributed by atoms with Crippen LogP contribution < -0.4 is 0 Å². The van der Waals surface area contributed by atoms with Gasteiger partial charge in [-0.1, -0.05) is 23.8 Å².